The van der Waals surface area contributed by atoms with E-state index in [1.54, 1.807) is 0 Å². The van der Waals surface area contributed by atoms with Gasteiger partial charge in [0.15, 0.2) is 6.61 Å². The molecule has 0 radical (unpaired) electrons. The summed E-state index contributed by atoms with van der Waals surface area (Å²) in [4.78, 5) is 16.6. The number of hydrogen-bond acceptors (Lipinski definition) is 4. The standard InChI is InChI=1S/C22H28N2O3/c1-17(2)27-21-10-6-19(7-11-21)23-12-14-24(15-13-23)22(25)16-26-20-8-4-18(3)5-9-20/h4-11,17H,12-16H2,1-3H3. The van der Waals surface area contributed by atoms with Gasteiger partial charge in [0.2, 0.25) is 0 Å². The minimum atomic E-state index is 0.0379. The van der Waals surface area contributed by atoms with Crippen molar-refractivity contribution >= 4 is 11.6 Å². The maximum atomic E-state index is 12.4. The number of carbonyl (C=O) groups excluding carboxylic acids is 1. The molecule has 3 rings (SSSR count). The van der Waals surface area contributed by atoms with Crippen molar-refractivity contribution in [2.45, 2.75) is 26.9 Å². The van der Waals surface area contributed by atoms with Crippen molar-refractivity contribution in [1.82, 2.24) is 4.90 Å². The molecule has 0 aliphatic carbocycles. The average Bonchev–Trinajstić information content (AvgIpc) is 2.67. The molecule has 2 aromatic rings. The van der Waals surface area contributed by atoms with Crippen LogP contribution >= 0.6 is 0 Å². The quantitative estimate of drug-likeness (QED) is 0.783. The van der Waals surface area contributed by atoms with E-state index in [-0.39, 0.29) is 18.6 Å². The fourth-order valence-electron chi connectivity index (χ4n) is 3.09. The van der Waals surface area contributed by atoms with Gasteiger partial charge in [0, 0.05) is 31.9 Å². The highest BCUT2D eigenvalue weighted by atomic mass is 16.5. The number of anilines is 1. The maximum absolute atomic E-state index is 12.4. The Kier molecular flexibility index (Phi) is 6.22. The number of aryl methyl sites for hydroxylation is 1. The number of carbonyl (C=O) groups is 1. The first-order valence-corrected chi connectivity index (χ1v) is 9.50. The normalized spacial score (nSPS) is 14.4. The lowest BCUT2D eigenvalue weighted by Crippen LogP contribution is -2.50. The van der Waals surface area contributed by atoms with Gasteiger partial charge >= 0.3 is 0 Å². The second-order valence-corrected chi connectivity index (χ2v) is 7.13. The Morgan fingerprint density at radius 2 is 1.52 bits per heavy atom. The van der Waals surface area contributed by atoms with Gasteiger partial charge in [-0.2, -0.15) is 0 Å². The fraction of sp³-hybridized carbons (Fsp3) is 0.409. The van der Waals surface area contributed by atoms with E-state index in [0.29, 0.717) is 13.1 Å². The summed E-state index contributed by atoms with van der Waals surface area (Å²) < 4.78 is 11.3. The van der Waals surface area contributed by atoms with Gasteiger partial charge in [-0.15, -0.1) is 0 Å². The van der Waals surface area contributed by atoms with E-state index in [2.05, 4.69) is 17.0 Å². The monoisotopic (exact) mass is 368 g/mol. The molecular formula is C22H28N2O3. The van der Waals surface area contributed by atoms with Crippen LogP contribution in [0.15, 0.2) is 48.5 Å². The molecule has 1 heterocycles. The summed E-state index contributed by atoms with van der Waals surface area (Å²) in [6.07, 6.45) is 0.174. The van der Waals surface area contributed by atoms with E-state index in [0.717, 1.165) is 30.3 Å². The number of ether oxygens (including phenoxy) is 2. The third kappa shape index (κ3) is 5.39. The second kappa shape index (κ2) is 8.80. The van der Waals surface area contributed by atoms with Crippen LogP contribution in [0.5, 0.6) is 11.5 Å². The molecule has 0 N–H and O–H groups in total. The van der Waals surface area contributed by atoms with E-state index >= 15 is 0 Å². The van der Waals surface area contributed by atoms with Crippen LogP contribution in [-0.4, -0.2) is 49.7 Å². The van der Waals surface area contributed by atoms with Gasteiger partial charge in [0.25, 0.3) is 5.91 Å². The first-order chi connectivity index (χ1) is 13.0. The summed E-state index contributed by atoms with van der Waals surface area (Å²) in [5.74, 6) is 1.66. The van der Waals surface area contributed by atoms with Crippen molar-refractivity contribution in [3.05, 3.63) is 54.1 Å². The van der Waals surface area contributed by atoms with Gasteiger partial charge in [-0.05, 0) is 57.2 Å². The molecule has 1 saturated heterocycles. The summed E-state index contributed by atoms with van der Waals surface area (Å²) in [5, 5.41) is 0. The van der Waals surface area contributed by atoms with Crippen LogP contribution in [0, 0.1) is 6.92 Å². The minimum Gasteiger partial charge on any atom is -0.491 e. The van der Waals surface area contributed by atoms with E-state index in [1.807, 2.05) is 62.1 Å². The molecule has 0 atom stereocenters. The lowest BCUT2D eigenvalue weighted by atomic mass is 10.2. The Balaban J connectivity index is 1.46. The molecule has 0 spiro atoms. The molecular weight excluding hydrogens is 340 g/mol. The van der Waals surface area contributed by atoms with Crippen molar-refractivity contribution in [3.63, 3.8) is 0 Å². The average molecular weight is 368 g/mol. The van der Waals surface area contributed by atoms with Crippen LogP contribution in [0.3, 0.4) is 0 Å². The summed E-state index contributed by atoms with van der Waals surface area (Å²) in [6.45, 7) is 9.21. The third-order valence-electron chi connectivity index (χ3n) is 4.59. The molecule has 5 heteroatoms. The zero-order valence-corrected chi connectivity index (χ0v) is 16.4. The van der Waals surface area contributed by atoms with E-state index < -0.39 is 0 Å². The Morgan fingerprint density at radius 1 is 0.926 bits per heavy atom. The Hall–Kier alpha value is -2.69. The predicted molar refractivity (Wildman–Crippen MR) is 108 cm³/mol. The van der Waals surface area contributed by atoms with Gasteiger partial charge in [0.1, 0.15) is 11.5 Å². The van der Waals surface area contributed by atoms with Crippen molar-refractivity contribution < 1.29 is 14.3 Å². The highest BCUT2D eigenvalue weighted by molar-refractivity contribution is 5.78. The first-order valence-electron chi connectivity index (χ1n) is 9.50. The van der Waals surface area contributed by atoms with Crippen LogP contribution in [0.25, 0.3) is 0 Å². The van der Waals surface area contributed by atoms with E-state index in [1.165, 1.54) is 5.56 Å². The lowest BCUT2D eigenvalue weighted by molar-refractivity contribution is -0.133. The van der Waals surface area contributed by atoms with Gasteiger partial charge in [-0.3, -0.25) is 4.79 Å². The van der Waals surface area contributed by atoms with Gasteiger partial charge in [-0.25, -0.2) is 0 Å². The van der Waals surface area contributed by atoms with E-state index in [4.69, 9.17) is 9.47 Å². The summed E-state index contributed by atoms with van der Waals surface area (Å²) in [6, 6.07) is 15.9. The Morgan fingerprint density at radius 3 is 2.11 bits per heavy atom. The number of hydrogen-bond donors (Lipinski definition) is 0. The molecule has 144 valence electrons. The van der Waals surface area contributed by atoms with Crippen LogP contribution in [0.4, 0.5) is 5.69 Å². The van der Waals surface area contributed by atoms with Crippen molar-refractivity contribution in [1.29, 1.82) is 0 Å². The Labute approximate surface area is 161 Å². The predicted octanol–water partition coefficient (Wildman–Crippen LogP) is 3.51. The summed E-state index contributed by atoms with van der Waals surface area (Å²) in [7, 11) is 0. The van der Waals surface area contributed by atoms with Crippen molar-refractivity contribution in [2.24, 2.45) is 0 Å². The SMILES string of the molecule is Cc1ccc(OCC(=O)N2CCN(c3ccc(OC(C)C)cc3)CC2)cc1. The molecule has 1 aliphatic rings. The van der Waals surface area contributed by atoms with Crippen LogP contribution in [-0.2, 0) is 4.79 Å². The molecule has 1 amide bonds. The molecule has 2 aromatic carbocycles. The molecule has 1 aliphatic heterocycles. The minimum absolute atomic E-state index is 0.0379. The number of nitrogens with zero attached hydrogens (tertiary/aromatic N) is 2. The highest BCUT2D eigenvalue weighted by Gasteiger charge is 2.21. The molecule has 0 aromatic heterocycles. The summed E-state index contributed by atoms with van der Waals surface area (Å²) in [5.41, 5.74) is 2.34. The van der Waals surface area contributed by atoms with Gasteiger partial charge < -0.3 is 19.3 Å². The van der Waals surface area contributed by atoms with Crippen molar-refractivity contribution in [2.75, 3.05) is 37.7 Å². The van der Waals surface area contributed by atoms with Crippen LogP contribution < -0.4 is 14.4 Å². The molecule has 0 unspecified atom stereocenters. The zero-order valence-electron chi connectivity index (χ0n) is 16.4. The van der Waals surface area contributed by atoms with Crippen LogP contribution in [0.2, 0.25) is 0 Å². The smallest absolute Gasteiger partial charge is 0.260 e. The molecule has 1 fully saturated rings. The molecule has 0 saturated carbocycles. The van der Waals surface area contributed by atoms with Gasteiger partial charge in [0.05, 0.1) is 6.10 Å². The first kappa shape index (κ1) is 19.1. The fourth-order valence-corrected chi connectivity index (χ4v) is 3.09. The summed E-state index contributed by atoms with van der Waals surface area (Å²) >= 11 is 0. The Bertz CT molecular complexity index is 733. The number of benzene rings is 2. The lowest BCUT2D eigenvalue weighted by Gasteiger charge is -2.36. The number of rotatable bonds is 6. The molecule has 5 nitrogen and oxygen atoms in total. The van der Waals surface area contributed by atoms with Crippen LogP contribution in [0.1, 0.15) is 19.4 Å². The number of amides is 1. The highest BCUT2D eigenvalue weighted by Crippen LogP contribution is 2.21. The number of piperazine rings is 1. The van der Waals surface area contributed by atoms with Crippen molar-refractivity contribution in [3.8, 4) is 11.5 Å². The topological polar surface area (TPSA) is 42.0 Å². The molecule has 27 heavy (non-hydrogen) atoms. The third-order valence-corrected chi connectivity index (χ3v) is 4.59. The molecule has 0 bridgehead atoms. The second-order valence-electron chi connectivity index (χ2n) is 7.13. The van der Waals surface area contributed by atoms with Gasteiger partial charge in [-0.1, -0.05) is 17.7 Å². The largest absolute Gasteiger partial charge is 0.491 e. The van der Waals surface area contributed by atoms with E-state index in [9.17, 15) is 4.79 Å². The maximum Gasteiger partial charge on any atom is 0.260 e. The zero-order chi connectivity index (χ0) is 19.2.